The van der Waals surface area contributed by atoms with E-state index in [-0.39, 0.29) is 12.1 Å². The van der Waals surface area contributed by atoms with Crippen molar-refractivity contribution >= 4 is 6.09 Å². The standard InChI is InChI=1S/C10H11NO2/c1-7-2-4-8(5-3-7)9-6-13-10(12)11-9/h2-5,9H,6H2,1H3,(H,11,12)/t9-/m0/s1. The average Bonchev–Trinajstić information content (AvgIpc) is 2.53. The molecule has 1 aliphatic rings. The predicted octanol–water partition coefficient (Wildman–Crippen LogP) is 1.78. The van der Waals surface area contributed by atoms with Crippen molar-refractivity contribution in [2.24, 2.45) is 0 Å². The summed E-state index contributed by atoms with van der Waals surface area (Å²) in [4.78, 5) is 10.8. The molecule has 0 aromatic heterocycles. The molecule has 1 amide bonds. The molecule has 1 N–H and O–H groups in total. The molecule has 68 valence electrons. The van der Waals surface area contributed by atoms with E-state index < -0.39 is 0 Å². The molecule has 1 aromatic rings. The van der Waals surface area contributed by atoms with Crippen LogP contribution in [0.4, 0.5) is 4.79 Å². The summed E-state index contributed by atoms with van der Waals surface area (Å²) in [5.74, 6) is 0. The normalized spacial score (nSPS) is 21.0. The van der Waals surface area contributed by atoms with Crippen LogP contribution in [0.2, 0.25) is 0 Å². The summed E-state index contributed by atoms with van der Waals surface area (Å²) >= 11 is 0. The molecule has 1 atom stereocenters. The molecule has 1 saturated heterocycles. The molecule has 13 heavy (non-hydrogen) atoms. The third-order valence-electron chi connectivity index (χ3n) is 2.15. The van der Waals surface area contributed by atoms with Crippen molar-refractivity contribution in [3.05, 3.63) is 35.4 Å². The number of hydrogen-bond donors (Lipinski definition) is 1. The second kappa shape index (κ2) is 3.09. The number of ether oxygens (including phenoxy) is 1. The lowest BCUT2D eigenvalue weighted by Crippen LogP contribution is -2.18. The number of nitrogens with one attached hydrogen (secondary N) is 1. The molecule has 3 nitrogen and oxygen atoms in total. The summed E-state index contributed by atoms with van der Waals surface area (Å²) in [6, 6.07) is 8.09. The minimum Gasteiger partial charge on any atom is -0.447 e. The topological polar surface area (TPSA) is 38.3 Å². The zero-order chi connectivity index (χ0) is 9.26. The molecule has 0 spiro atoms. The number of carbonyl (C=O) groups is 1. The number of cyclic esters (lactones) is 1. The van der Waals surface area contributed by atoms with Gasteiger partial charge in [-0.3, -0.25) is 0 Å². The fraction of sp³-hybridized carbons (Fsp3) is 0.300. The Hall–Kier alpha value is -1.51. The van der Waals surface area contributed by atoms with Gasteiger partial charge in [0.2, 0.25) is 0 Å². The van der Waals surface area contributed by atoms with Gasteiger partial charge in [0, 0.05) is 0 Å². The molecule has 1 fully saturated rings. The molecule has 2 rings (SSSR count). The highest BCUT2D eigenvalue weighted by atomic mass is 16.6. The Balaban J connectivity index is 2.17. The first-order valence-electron chi connectivity index (χ1n) is 4.25. The van der Waals surface area contributed by atoms with E-state index in [9.17, 15) is 4.79 Å². The third kappa shape index (κ3) is 1.64. The van der Waals surface area contributed by atoms with Gasteiger partial charge in [-0.2, -0.15) is 0 Å². The number of amides is 1. The van der Waals surface area contributed by atoms with Crippen LogP contribution in [0.3, 0.4) is 0 Å². The van der Waals surface area contributed by atoms with Crippen molar-refractivity contribution in [3.63, 3.8) is 0 Å². The number of hydrogen-bond acceptors (Lipinski definition) is 2. The average molecular weight is 177 g/mol. The van der Waals surface area contributed by atoms with Crippen LogP contribution >= 0.6 is 0 Å². The fourth-order valence-electron chi connectivity index (χ4n) is 1.36. The van der Waals surface area contributed by atoms with Crippen LogP contribution in [0.5, 0.6) is 0 Å². The van der Waals surface area contributed by atoms with Gasteiger partial charge in [-0.1, -0.05) is 29.8 Å². The summed E-state index contributed by atoms with van der Waals surface area (Å²) in [5, 5.41) is 2.73. The number of carbonyl (C=O) groups excluding carboxylic acids is 1. The van der Waals surface area contributed by atoms with Gasteiger partial charge < -0.3 is 10.1 Å². The Morgan fingerprint density at radius 3 is 2.62 bits per heavy atom. The highest BCUT2D eigenvalue weighted by molar-refractivity contribution is 5.70. The first-order valence-corrected chi connectivity index (χ1v) is 4.25. The number of rotatable bonds is 1. The van der Waals surface area contributed by atoms with E-state index >= 15 is 0 Å². The maximum atomic E-state index is 10.8. The Labute approximate surface area is 76.7 Å². The van der Waals surface area contributed by atoms with Crippen LogP contribution in [0.15, 0.2) is 24.3 Å². The van der Waals surface area contributed by atoms with Crippen LogP contribution in [-0.4, -0.2) is 12.7 Å². The van der Waals surface area contributed by atoms with E-state index in [1.54, 1.807) is 0 Å². The molecule has 1 heterocycles. The van der Waals surface area contributed by atoms with Crippen LogP contribution in [0.25, 0.3) is 0 Å². The summed E-state index contributed by atoms with van der Waals surface area (Å²) in [5.41, 5.74) is 2.31. The summed E-state index contributed by atoms with van der Waals surface area (Å²) in [7, 11) is 0. The molecule has 0 radical (unpaired) electrons. The molecular weight excluding hydrogens is 166 g/mol. The van der Waals surface area contributed by atoms with E-state index in [1.165, 1.54) is 5.56 Å². The van der Waals surface area contributed by atoms with E-state index in [1.807, 2.05) is 31.2 Å². The lowest BCUT2D eigenvalue weighted by molar-refractivity contribution is 0.177. The number of benzene rings is 1. The molecule has 1 aromatic carbocycles. The smallest absolute Gasteiger partial charge is 0.407 e. The van der Waals surface area contributed by atoms with E-state index in [2.05, 4.69) is 5.32 Å². The summed E-state index contributed by atoms with van der Waals surface area (Å²) in [6.45, 7) is 2.47. The Morgan fingerprint density at radius 2 is 2.08 bits per heavy atom. The zero-order valence-electron chi connectivity index (χ0n) is 7.41. The van der Waals surface area contributed by atoms with Crippen LogP contribution in [0.1, 0.15) is 17.2 Å². The largest absolute Gasteiger partial charge is 0.447 e. The fourth-order valence-corrected chi connectivity index (χ4v) is 1.36. The molecular formula is C10H11NO2. The molecule has 3 heteroatoms. The maximum Gasteiger partial charge on any atom is 0.407 e. The van der Waals surface area contributed by atoms with Gasteiger partial charge in [0.15, 0.2) is 0 Å². The van der Waals surface area contributed by atoms with Crippen molar-refractivity contribution in [1.82, 2.24) is 5.32 Å². The van der Waals surface area contributed by atoms with Gasteiger partial charge in [0.1, 0.15) is 6.61 Å². The minimum absolute atomic E-state index is 0.0214. The minimum atomic E-state index is -0.328. The van der Waals surface area contributed by atoms with Crippen LogP contribution < -0.4 is 5.32 Å². The number of aryl methyl sites for hydroxylation is 1. The van der Waals surface area contributed by atoms with Crippen molar-refractivity contribution in [3.8, 4) is 0 Å². The SMILES string of the molecule is Cc1ccc([C@@H]2COC(=O)N2)cc1. The van der Waals surface area contributed by atoms with Gasteiger partial charge >= 0.3 is 6.09 Å². The molecule has 0 aliphatic carbocycles. The summed E-state index contributed by atoms with van der Waals surface area (Å²) < 4.78 is 4.80. The predicted molar refractivity (Wildman–Crippen MR) is 48.4 cm³/mol. The van der Waals surface area contributed by atoms with Gasteiger partial charge in [-0.15, -0.1) is 0 Å². The Morgan fingerprint density at radius 1 is 1.38 bits per heavy atom. The lowest BCUT2D eigenvalue weighted by Gasteiger charge is -2.06. The van der Waals surface area contributed by atoms with Gasteiger partial charge in [0.25, 0.3) is 0 Å². The van der Waals surface area contributed by atoms with E-state index in [0.29, 0.717) is 6.61 Å². The van der Waals surface area contributed by atoms with Gasteiger partial charge in [-0.25, -0.2) is 4.79 Å². The second-order valence-corrected chi connectivity index (χ2v) is 3.21. The first kappa shape index (κ1) is 8.10. The zero-order valence-corrected chi connectivity index (χ0v) is 7.41. The van der Waals surface area contributed by atoms with Gasteiger partial charge in [-0.05, 0) is 12.5 Å². The summed E-state index contributed by atoms with van der Waals surface area (Å²) in [6.07, 6.45) is -0.328. The van der Waals surface area contributed by atoms with Crippen molar-refractivity contribution < 1.29 is 9.53 Å². The molecule has 0 saturated carbocycles. The molecule has 1 aliphatic heterocycles. The third-order valence-corrected chi connectivity index (χ3v) is 2.15. The van der Waals surface area contributed by atoms with Crippen molar-refractivity contribution in [2.75, 3.05) is 6.61 Å². The monoisotopic (exact) mass is 177 g/mol. The lowest BCUT2D eigenvalue weighted by atomic mass is 10.1. The molecule has 0 unspecified atom stereocenters. The molecule has 0 bridgehead atoms. The van der Waals surface area contributed by atoms with E-state index in [0.717, 1.165) is 5.56 Å². The van der Waals surface area contributed by atoms with E-state index in [4.69, 9.17) is 4.74 Å². The van der Waals surface area contributed by atoms with Crippen molar-refractivity contribution in [1.29, 1.82) is 0 Å². The van der Waals surface area contributed by atoms with Crippen LogP contribution in [-0.2, 0) is 4.74 Å². The second-order valence-electron chi connectivity index (χ2n) is 3.21. The highest BCUT2D eigenvalue weighted by Crippen LogP contribution is 2.17. The van der Waals surface area contributed by atoms with Crippen LogP contribution in [0, 0.1) is 6.92 Å². The quantitative estimate of drug-likeness (QED) is 0.710. The van der Waals surface area contributed by atoms with Gasteiger partial charge in [0.05, 0.1) is 6.04 Å². The highest BCUT2D eigenvalue weighted by Gasteiger charge is 2.23. The maximum absolute atomic E-state index is 10.8. The number of alkyl carbamates (subject to hydrolysis) is 1. The Kier molecular flexibility index (Phi) is 1.93. The first-order chi connectivity index (χ1) is 6.25. The van der Waals surface area contributed by atoms with Crippen molar-refractivity contribution in [2.45, 2.75) is 13.0 Å². The Bertz CT molecular complexity index is 318.